The van der Waals surface area contributed by atoms with Crippen LogP contribution in [0.25, 0.3) is 0 Å². The number of hydrogen-bond donors (Lipinski definition) is 1. The molecule has 1 fully saturated rings. The smallest absolute Gasteiger partial charge is 0.0587 e. The summed E-state index contributed by atoms with van der Waals surface area (Å²) < 4.78 is 11.1. The van der Waals surface area contributed by atoms with Crippen molar-refractivity contribution in [2.75, 3.05) is 26.8 Å². The van der Waals surface area contributed by atoms with E-state index in [1.807, 2.05) is 0 Å². The third-order valence-electron chi connectivity index (χ3n) is 4.42. The molecule has 0 saturated carbocycles. The molecule has 0 aromatic carbocycles. The van der Waals surface area contributed by atoms with Gasteiger partial charge in [-0.1, -0.05) is 20.8 Å². The first kappa shape index (κ1) is 15.9. The molecule has 0 aromatic heterocycles. The van der Waals surface area contributed by atoms with Crippen LogP contribution in [0.1, 0.15) is 47.0 Å². The van der Waals surface area contributed by atoms with E-state index < -0.39 is 0 Å². The van der Waals surface area contributed by atoms with Crippen LogP contribution < -0.4 is 5.32 Å². The molecular formula is C15H31NO2. The molecule has 0 spiro atoms. The third kappa shape index (κ3) is 4.87. The van der Waals surface area contributed by atoms with Gasteiger partial charge in [-0.3, -0.25) is 0 Å². The van der Waals surface area contributed by atoms with E-state index in [1.54, 1.807) is 7.11 Å². The first-order chi connectivity index (χ1) is 8.48. The van der Waals surface area contributed by atoms with Crippen molar-refractivity contribution in [3.8, 4) is 0 Å². The van der Waals surface area contributed by atoms with Gasteiger partial charge in [0.15, 0.2) is 0 Å². The summed E-state index contributed by atoms with van der Waals surface area (Å²) >= 11 is 0. The average molecular weight is 257 g/mol. The number of ether oxygens (including phenoxy) is 2. The van der Waals surface area contributed by atoms with Crippen molar-refractivity contribution in [3.05, 3.63) is 0 Å². The lowest BCUT2D eigenvalue weighted by atomic mass is 9.74. The van der Waals surface area contributed by atoms with Crippen molar-refractivity contribution >= 4 is 0 Å². The molecule has 0 radical (unpaired) electrons. The Morgan fingerprint density at radius 3 is 2.61 bits per heavy atom. The van der Waals surface area contributed by atoms with Gasteiger partial charge in [0.25, 0.3) is 0 Å². The van der Waals surface area contributed by atoms with Gasteiger partial charge in [-0.25, -0.2) is 0 Å². The zero-order chi connectivity index (χ0) is 13.6. The van der Waals surface area contributed by atoms with Crippen LogP contribution in [0, 0.1) is 11.3 Å². The van der Waals surface area contributed by atoms with E-state index in [0.717, 1.165) is 26.1 Å². The van der Waals surface area contributed by atoms with Gasteiger partial charge >= 0.3 is 0 Å². The molecule has 3 heteroatoms. The minimum absolute atomic E-state index is 0.308. The Hall–Kier alpha value is -0.120. The van der Waals surface area contributed by atoms with Gasteiger partial charge in [0, 0.05) is 20.2 Å². The summed E-state index contributed by atoms with van der Waals surface area (Å²) in [5.41, 5.74) is 0.308. The lowest BCUT2D eigenvalue weighted by molar-refractivity contribution is 0.0133. The molecule has 1 aliphatic rings. The lowest BCUT2D eigenvalue weighted by Gasteiger charge is -2.36. The van der Waals surface area contributed by atoms with Crippen LogP contribution in [-0.2, 0) is 9.47 Å². The van der Waals surface area contributed by atoms with E-state index >= 15 is 0 Å². The van der Waals surface area contributed by atoms with Crippen molar-refractivity contribution in [1.82, 2.24) is 5.32 Å². The highest BCUT2D eigenvalue weighted by atomic mass is 16.5. The highest BCUT2D eigenvalue weighted by Crippen LogP contribution is 2.36. The maximum absolute atomic E-state index is 5.98. The summed E-state index contributed by atoms with van der Waals surface area (Å²) in [6.45, 7) is 12.0. The fourth-order valence-corrected chi connectivity index (χ4v) is 2.62. The zero-order valence-electron chi connectivity index (χ0n) is 12.8. The van der Waals surface area contributed by atoms with Crippen molar-refractivity contribution < 1.29 is 9.47 Å². The second-order valence-corrected chi connectivity index (χ2v) is 6.33. The number of nitrogens with one attached hydrogen (secondary N) is 1. The van der Waals surface area contributed by atoms with E-state index in [2.05, 4.69) is 33.0 Å². The van der Waals surface area contributed by atoms with Gasteiger partial charge in [0.05, 0.1) is 18.8 Å². The topological polar surface area (TPSA) is 30.5 Å². The monoisotopic (exact) mass is 257 g/mol. The summed E-state index contributed by atoms with van der Waals surface area (Å²) in [6, 6.07) is 0. The SMILES string of the molecule is COCCNCC(C)(CC1CCC(C)O1)C(C)C. The van der Waals surface area contributed by atoms with Gasteiger partial charge in [-0.05, 0) is 37.5 Å². The fourth-order valence-electron chi connectivity index (χ4n) is 2.62. The molecule has 3 nitrogen and oxygen atoms in total. The number of rotatable bonds is 8. The molecule has 1 saturated heterocycles. The molecule has 0 amide bonds. The summed E-state index contributed by atoms with van der Waals surface area (Å²) in [6.07, 6.45) is 4.51. The highest BCUT2D eigenvalue weighted by Gasteiger charge is 2.34. The van der Waals surface area contributed by atoms with Crippen LogP contribution in [0.5, 0.6) is 0 Å². The Kier molecular flexibility index (Phi) is 6.61. The normalized spacial score (nSPS) is 27.7. The highest BCUT2D eigenvalue weighted by molar-refractivity contribution is 4.85. The largest absolute Gasteiger partial charge is 0.383 e. The summed E-state index contributed by atoms with van der Waals surface area (Å²) in [5, 5.41) is 3.51. The predicted octanol–water partition coefficient (Wildman–Crippen LogP) is 2.84. The molecule has 1 heterocycles. The third-order valence-corrected chi connectivity index (χ3v) is 4.42. The Balaban J connectivity index is 2.41. The minimum atomic E-state index is 0.308. The molecule has 1 N–H and O–H groups in total. The maximum atomic E-state index is 5.98. The first-order valence-corrected chi connectivity index (χ1v) is 7.33. The molecule has 108 valence electrons. The molecule has 3 atom stereocenters. The molecule has 0 aromatic rings. The predicted molar refractivity (Wildman–Crippen MR) is 75.9 cm³/mol. The molecule has 1 aliphatic heterocycles. The Morgan fingerprint density at radius 2 is 2.11 bits per heavy atom. The Bertz CT molecular complexity index is 233. The van der Waals surface area contributed by atoms with Crippen molar-refractivity contribution in [1.29, 1.82) is 0 Å². The van der Waals surface area contributed by atoms with E-state index in [9.17, 15) is 0 Å². The van der Waals surface area contributed by atoms with E-state index in [4.69, 9.17) is 9.47 Å². The van der Waals surface area contributed by atoms with Crippen LogP contribution >= 0.6 is 0 Å². The number of methoxy groups -OCH3 is 1. The molecule has 0 bridgehead atoms. The van der Waals surface area contributed by atoms with E-state index in [-0.39, 0.29) is 0 Å². The van der Waals surface area contributed by atoms with Crippen LogP contribution in [0.15, 0.2) is 0 Å². The fraction of sp³-hybridized carbons (Fsp3) is 1.00. The summed E-state index contributed by atoms with van der Waals surface area (Å²) in [4.78, 5) is 0. The molecular weight excluding hydrogens is 226 g/mol. The second-order valence-electron chi connectivity index (χ2n) is 6.33. The minimum Gasteiger partial charge on any atom is -0.383 e. The standard InChI is InChI=1S/C15H31NO2/c1-12(2)15(4,11-16-8-9-17-5)10-14-7-6-13(3)18-14/h12-14,16H,6-11H2,1-5H3. The van der Waals surface area contributed by atoms with Crippen molar-refractivity contribution in [2.24, 2.45) is 11.3 Å². The van der Waals surface area contributed by atoms with Crippen LogP contribution in [0.3, 0.4) is 0 Å². The van der Waals surface area contributed by atoms with Crippen molar-refractivity contribution in [2.45, 2.75) is 59.2 Å². The zero-order valence-corrected chi connectivity index (χ0v) is 12.8. The van der Waals surface area contributed by atoms with Gasteiger partial charge in [0.1, 0.15) is 0 Å². The quantitative estimate of drug-likeness (QED) is 0.678. The van der Waals surface area contributed by atoms with Gasteiger partial charge < -0.3 is 14.8 Å². The van der Waals surface area contributed by atoms with Gasteiger partial charge in [-0.2, -0.15) is 0 Å². The van der Waals surface area contributed by atoms with E-state index in [0.29, 0.717) is 23.5 Å². The van der Waals surface area contributed by atoms with Gasteiger partial charge in [0.2, 0.25) is 0 Å². The average Bonchev–Trinajstić information content (AvgIpc) is 2.70. The Morgan fingerprint density at radius 1 is 1.39 bits per heavy atom. The molecule has 3 unspecified atom stereocenters. The van der Waals surface area contributed by atoms with Crippen LogP contribution in [0.4, 0.5) is 0 Å². The van der Waals surface area contributed by atoms with Crippen LogP contribution in [-0.4, -0.2) is 39.0 Å². The Labute approximate surface area is 113 Å². The second kappa shape index (κ2) is 7.46. The van der Waals surface area contributed by atoms with E-state index in [1.165, 1.54) is 12.8 Å². The summed E-state index contributed by atoms with van der Waals surface area (Å²) in [7, 11) is 1.75. The van der Waals surface area contributed by atoms with Gasteiger partial charge in [-0.15, -0.1) is 0 Å². The summed E-state index contributed by atoms with van der Waals surface area (Å²) in [5.74, 6) is 0.659. The number of hydrogen-bond acceptors (Lipinski definition) is 3. The molecule has 1 rings (SSSR count). The molecule has 0 aliphatic carbocycles. The van der Waals surface area contributed by atoms with Crippen LogP contribution in [0.2, 0.25) is 0 Å². The lowest BCUT2D eigenvalue weighted by Crippen LogP contribution is -2.39. The first-order valence-electron chi connectivity index (χ1n) is 7.33. The molecule has 18 heavy (non-hydrogen) atoms. The van der Waals surface area contributed by atoms with Crippen molar-refractivity contribution in [3.63, 3.8) is 0 Å². The maximum Gasteiger partial charge on any atom is 0.0587 e.